The van der Waals surface area contributed by atoms with Crippen molar-refractivity contribution in [2.75, 3.05) is 5.73 Å². The molecular weight excluding hydrogens is 296 g/mol. The number of halogens is 1. The van der Waals surface area contributed by atoms with Crippen LogP contribution in [0.3, 0.4) is 0 Å². The highest BCUT2D eigenvalue weighted by molar-refractivity contribution is 6.35. The molecule has 3 aromatic carbocycles. The van der Waals surface area contributed by atoms with E-state index in [2.05, 4.69) is 4.98 Å². The highest BCUT2D eigenvalue weighted by Crippen LogP contribution is 2.34. The Morgan fingerprint density at radius 3 is 2.68 bits per heavy atom. The number of nitrogens with two attached hydrogens (primary N) is 1. The molecule has 0 aliphatic heterocycles. The average molecular weight is 309 g/mol. The van der Waals surface area contributed by atoms with E-state index in [1.807, 2.05) is 55.5 Å². The molecular formula is C18H13ClN2O. The van der Waals surface area contributed by atoms with Crippen LogP contribution >= 0.6 is 11.6 Å². The Kier molecular flexibility index (Phi) is 2.84. The Hall–Kier alpha value is -2.52. The summed E-state index contributed by atoms with van der Waals surface area (Å²) in [7, 11) is 0. The summed E-state index contributed by atoms with van der Waals surface area (Å²) in [4.78, 5) is 4.59. The van der Waals surface area contributed by atoms with Gasteiger partial charge in [0.15, 0.2) is 5.58 Å². The standard InChI is InChI=1S/C18H13ClN2O/c1-10-8-15(20)17-16(9-10)21-18(22-17)13-6-2-5-12-11(13)4-3-7-14(12)19/h2-9H,20H2,1H3. The predicted molar refractivity (Wildman–Crippen MR) is 91.1 cm³/mol. The van der Waals surface area contributed by atoms with Gasteiger partial charge in [-0.25, -0.2) is 4.98 Å². The van der Waals surface area contributed by atoms with Crippen molar-refractivity contribution >= 4 is 39.2 Å². The molecule has 4 rings (SSSR count). The highest BCUT2D eigenvalue weighted by atomic mass is 35.5. The molecule has 0 aliphatic carbocycles. The molecule has 0 aliphatic rings. The number of oxazole rings is 1. The molecule has 22 heavy (non-hydrogen) atoms. The average Bonchev–Trinajstić information content (AvgIpc) is 2.91. The van der Waals surface area contributed by atoms with Crippen molar-refractivity contribution in [3.8, 4) is 11.5 Å². The number of benzene rings is 3. The molecule has 0 radical (unpaired) electrons. The molecule has 3 nitrogen and oxygen atoms in total. The maximum Gasteiger partial charge on any atom is 0.228 e. The predicted octanol–water partition coefficient (Wildman–Crippen LogP) is 5.19. The summed E-state index contributed by atoms with van der Waals surface area (Å²) in [6, 6.07) is 15.6. The van der Waals surface area contributed by atoms with Gasteiger partial charge >= 0.3 is 0 Å². The second-order valence-electron chi connectivity index (χ2n) is 5.36. The molecule has 0 saturated heterocycles. The molecule has 0 amide bonds. The van der Waals surface area contributed by atoms with Gasteiger partial charge in [-0.15, -0.1) is 0 Å². The van der Waals surface area contributed by atoms with Gasteiger partial charge in [-0.05, 0) is 42.1 Å². The van der Waals surface area contributed by atoms with E-state index in [4.69, 9.17) is 21.8 Å². The summed E-state index contributed by atoms with van der Waals surface area (Å²) >= 11 is 6.27. The van der Waals surface area contributed by atoms with Gasteiger partial charge in [-0.3, -0.25) is 0 Å². The molecule has 0 unspecified atom stereocenters. The zero-order valence-corrected chi connectivity index (χ0v) is 12.7. The molecule has 0 spiro atoms. The normalized spacial score (nSPS) is 11.4. The third kappa shape index (κ3) is 1.94. The van der Waals surface area contributed by atoms with Gasteiger partial charge in [0, 0.05) is 16.0 Å². The van der Waals surface area contributed by atoms with E-state index in [1.165, 1.54) is 0 Å². The molecule has 1 heterocycles. The zero-order valence-electron chi connectivity index (χ0n) is 11.9. The number of aryl methyl sites for hydroxylation is 1. The van der Waals surface area contributed by atoms with E-state index in [0.717, 1.165) is 27.4 Å². The van der Waals surface area contributed by atoms with Crippen LogP contribution in [0.15, 0.2) is 52.9 Å². The third-order valence-corrected chi connectivity index (χ3v) is 4.09. The van der Waals surface area contributed by atoms with Crippen molar-refractivity contribution in [3.05, 3.63) is 59.1 Å². The first-order valence-corrected chi connectivity index (χ1v) is 7.35. The van der Waals surface area contributed by atoms with Crippen LogP contribution in [0.2, 0.25) is 5.02 Å². The number of hydrogen-bond donors (Lipinski definition) is 1. The minimum Gasteiger partial charge on any atom is -0.434 e. The van der Waals surface area contributed by atoms with Crippen LogP contribution in [-0.2, 0) is 0 Å². The van der Waals surface area contributed by atoms with Gasteiger partial charge < -0.3 is 10.2 Å². The number of aromatic nitrogens is 1. The molecule has 1 aromatic heterocycles. The van der Waals surface area contributed by atoms with E-state index >= 15 is 0 Å². The number of anilines is 1. The van der Waals surface area contributed by atoms with Crippen LogP contribution in [0.5, 0.6) is 0 Å². The fourth-order valence-corrected chi connectivity index (χ4v) is 3.02. The third-order valence-electron chi connectivity index (χ3n) is 3.76. The zero-order chi connectivity index (χ0) is 15.3. The summed E-state index contributed by atoms with van der Waals surface area (Å²) in [6.45, 7) is 1.99. The molecule has 0 bridgehead atoms. The van der Waals surface area contributed by atoms with Gasteiger partial charge in [0.1, 0.15) is 5.52 Å². The maximum atomic E-state index is 6.27. The summed E-state index contributed by atoms with van der Waals surface area (Å²) < 4.78 is 5.91. The molecule has 0 fully saturated rings. The largest absolute Gasteiger partial charge is 0.434 e. The van der Waals surface area contributed by atoms with E-state index in [9.17, 15) is 0 Å². The Morgan fingerprint density at radius 2 is 1.82 bits per heavy atom. The fourth-order valence-electron chi connectivity index (χ4n) is 2.78. The minimum atomic E-state index is 0.556. The van der Waals surface area contributed by atoms with Gasteiger partial charge in [-0.2, -0.15) is 0 Å². The monoisotopic (exact) mass is 308 g/mol. The number of hydrogen-bond acceptors (Lipinski definition) is 3. The van der Waals surface area contributed by atoms with E-state index in [1.54, 1.807) is 0 Å². The lowest BCUT2D eigenvalue weighted by molar-refractivity contribution is 0.622. The second-order valence-corrected chi connectivity index (χ2v) is 5.77. The first kappa shape index (κ1) is 13.2. The molecule has 108 valence electrons. The van der Waals surface area contributed by atoms with Gasteiger partial charge in [0.25, 0.3) is 0 Å². The summed E-state index contributed by atoms with van der Waals surface area (Å²) in [6.07, 6.45) is 0. The van der Waals surface area contributed by atoms with Crippen molar-refractivity contribution in [2.24, 2.45) is 0 Å². The molecule has 4 heteroatoms. The first-order chi connectivity index (χ1) is 10.6. The summed E-state index contributed by atoms with van der Waals surface area (Å²) in [5, 5.41) is 2.70. The Bertz CT molecular complexity index is 1020. The van der Waals surface area contributed by atoms with Gasteiger partial charge in [0.05, 0.1) is 5.69 Å². The number of rotatable bonds is 1. The Balaban J connectivity index is 2.03. The molecule has 4 aromatic rings. The van der Waals surface area contributed by atoms with E-state index in [0.29, 0.717) is 22.2 Å². The lowest BCUT2D eigenvalue weighted by atomic mass is 10.0. The lowest BCUT2D eigenvalue weighted by Crippen LogP contribution is -1.86. The van der Waals surface area contributed by atoms with Gasteiger partial charge in [-0.1, -0.05) is 35.9 Å². The van der Waals surface area contributed by atoms with E-state index < -0.39 is 0 Å². The minimum absolute atomic E-state index is 0.556. The van der Waals surface area contributed by atoms with Gasteiger partial charge in [0.2, 0.25) is 5.89 Å². The van der Waals surface area contributed by atoms with Crippen molar-refractivity contribution in [1.29, 1.82) is 0 Å². The summed E-state index contributed by atoms with van der Waals surface area (Å²) in [5.41, 5.74) is 10.0. The summed E-state index contributed by atoms with van der Waals surface area (Å²) in [5.74, 6) is 0.556. The SMILES string of the molecule is Cc1cc(N)c2oc(-c3cccc4c(Cl)cccc34)nc2c1. The first-order valence-electron chi connectivity index (χ1n) is 6.98. The maximum absolute atomic E-state index is 6.27. The number of nitrogen functional groups attached to an aromatic ring is 1. The van der Waals surface area contributed by atoms with Crippen LogP contribution in [0.25, 0.3) is 33.3 Å². The van der Waals surface area contributed by atoms with Crippen molar-refractivity contribution in [2.45, 2.75) is 6.92 Å². The molecule has 0 atom stereocenters. The fraction of sp³-hybridized carbons (Fsp3) is 0.0556. The smallest absolute Gasteiger partial charge is 0.228 e. The van der Waals surface area contributed by atoms with Crippen molar-refractivity contribution in [3.63, 3.8) is 0 Å². The second kappa shape index (κ2) is 4.75. The topological polar surface area (TPSA) is 52.0 Å². The van der Waals surface area contributed by atoms with Crippen LogP contribution in [0, 0.1) is 6.92 Å². The van der Waals surface area contributed by atoms with Crippen LogP contribution in [0.1, 0.15) is 5.56 Å². The van der Waals surface area contributed by atoms with Crippen LogP contribution in [0.4, 0.5) is 5.69 Å². The Morgan fingerprint density at radius 1 is 1.05 bits per heavy atom. The number of nitrogens with zero attached hydrogens (tertiary/aromatic N) is 1. The van der Waals surface area contributed by atoms with Crippen molar-refractivity contribution < 1.29 is 4.42 Å². The highest BCUT2D eigenvalue weighted by Gasteiger charge is 2.14. The molecule has 2 N–H and O–H groups in total. The van der Waals surface area contributed by atoms with Crippen LogP contribution in [-0.4, -0.2) is 4.98 Å². The van der Waals surface area contributed by atoms with E-state index in [-0.39, 0.29) is 0 Å². The lowest BCUT2D eigenvalue weighted by Gasteiger charge is -2.04. The quantitative estimate of drug-likeness (QED) is 0.492. The number of fused-ring (bicyclic) bond motifs is 2. The molecule has 0 saturated carbocycles. The van der Waals surface area contributed by atoms with Crippen LogP contribution < -0.4 is 5.73 Å². The van der Waals surface area contributed by atoms with Crippen molar-refractivity contribution in [1.82, 2.24) is 4.98 Å². The Labute approximate surface area is 132 Å².